The predicted molar refractivity (Wildman–Crippen MR) is 57.8 cm³/mol. The minimum Gasteiger partial charge on any atom is -0.508 e. The Morgan fingerprint density at radius 3 is 2.71 bits per heavy atom. The Kier molecular flexibility index (Phi) is 1.41. The summed E-state index contributed by atoms with van der Waals surface area (Å²) in [6.07, 6.45) is 2.41. The third kappa shape index (κ3) is 0.897. The van der Waals surface area contributed by atoms with Gasteiger partial charge in [-0.05, 0) is 59.4 Å². The first-order chi connectivity index (χ1) is 6.75. The van der Waals surface area contributed by atoms with Crippen LogP contribution in [-0.2, 0) is 12.8 Å². The van der Waals surface area contributed by atoms with Crippen LogP contribution >= 0.6 is 0 Å². The van der Waals surface area contributed by atoms with E-state index in [1.165, 1.54) is 40.3 Å². The smallest absolute Gasteiger partial charge is 0.116 e. The van der Waals surface area contributed by atoms with Gasteiger partial charge in [0.1, 0.15) is 5.75 Å². The Bertz CT molecular complexity index is 526. The van der Waals surface area contributed by atoms with Crippen LogP contribution < -0.4 is 0 Å². The summed E-state index contributed by atoms with van der Waals surface area (Å²) < 4.78 is 0. The molecule has 1 nitrogen and oxygen atoms in total. The minimum absolute atomic E-state index is 0.370. The monoisotopic (exact) mass is 184 g/mol. The van der Waals surface area contributed by atoms with Crippen LogP contribution in [0.15, 0.2) is 24.3 Å². The average Bonchev–Trinajstić information content (AvgIpc) is 2.07. The Labute approximate surface area is 83.0 Å². The molecule has 0 aliphatic heterocycles. The minimum atomic E-state index is 0.370. The third-order valence-corrected chi connectivity index (χ3v) is 3.15. The van der Waals surface area contributed by atoms with Gasteiger partial charge in [-0.2, -0.15) is 0 Å². The highest BCUT2D eigenvalue weighted by molar-refractivity contribution is 5.92. The normalized spacial score (nSPS) is 13.8. The van der Waals surface area contributed by atoms with Crippen molar-refractivity contribution in [3.63, 3.8) is 0 Å². The van der Waals surface area contributed by atoms with Gasteiger partial charge in [-0.1, -0.05) is 12.1 Å². The van der Waals surface area contributed by atoms with Gasteiger partial charge in [-0.3, -0.25) is 0 Å². The first kappa shape index (κ1) is 7.86. The summed E-state index contributed by atoms with van der Waals surface area (Å²) in [7, 11) is 0. The summed E-state index contributed by atoms with van der Waals surface area (Å²) in [5.41, 5.74) is 4.16. The topological polar surface area (TPSA) is 20.2 Å². The van der Waals surface area contributed by atoms with Gasteiger partial charge in [-0.25, -0.2) is 0 Å². The van der Waals surface area contributed by atoms with Crippen LogP contribution in [-0.4, -0.2) is 5.11 Å². The first-order valence-corrected chi connectivity index (χ1v) is 5.00. The summed E-state index contributed by atoms with van der Waals surface area (Å²) in [6.45, 7) is 2.07. The molecule has 2 aromatic rings. The van der Waals surface area contributed by atoms with E-state index in [0.29, 0.717) is 5.75 Å². The van der Waals surface area contributed by atoms with Gasteiger partial charge in [0.2, 0.25) is 0 Å². The molecule has 1 heteroatoms. The van der Waals surface area contributed by atoms with Crippen molar-refractivity contribution in [1.29, 1.82) is 0 Å². The molecule has 0 bridgehead atoms. The number of phenols is 1. The van der Waals surface area contributed by atoms with Gasteiger partial charge in [0.15, 0.2) is 0 Å². The van der Waals surface area contributed by atoms with E-state index < -0.39 is 0 Å². The number of hydrogen-bond acceptors (Lipinski definition) is 1. The molecular formula is C13H12O. The molecule has 0 radical (unpaired) electrons. The number of hydrogen-bond donors (Lipinski definition) is 1. The van der Waals surface area contributed by atoms with E-state index in [-0.39, 0.29) is 0 Å². The third-order valence-electron chi connectivity index (χ3n) is 3.15. The van der Waals surface area contributed by atoms with Gasteiger partial charge in [0.25, 0.3) is 0 Å². The Morgan fingerprint density at radius 1 is 1.14 bits per heavy atom. The van der Waals surface area contributed by atoms with E-state index in [4.69, 9.17) is 0 Å². The van der Waals surface area contributed by atoms with Crippen LogP contribution in [0.25, 0.3) is 10.8 Å². The van der Waals surface area contributed by atoms with Crippen molar-refractivity contribution < 1.29 is 5.11 Å². The van der Waals surface area contributed by atoms with Crippen molar-refractivity contribution in [1.82, 2.24) is 0 Å². The van der Waals surface area contributed by atoms with Crippen molar-refractivity contribution in [2.75, 3.05) is 0 Å². The van der Waals surface area contributed by atoms with E-state index >= 15 is 0 Å². The molecule has 0 spiro atoms. The van der Waals surface area contributed by atoms with Crippen LogP contribution in [0.4, 0.5) is 0 Å². The summed E-state index contributed by atoms with van der Waals surface area (Å²) in [4.78, 5) is 0. The predicted octanol–water partition coefficient (Wildman–Crippen LogP) is 2.95. The lowest BCUT2D eigenvalue weighted by Crippen LogP contribution is -2.08. The molecular weight excluding hydrogens is 172 g/mol. The van der Waals surface area contributed by atoms with E-state index in [2.05, 4.69) is 19.1 Å². The molecule has 0 fully saturated rings. The Balaban J connectivity index is 2.48. The lowest BCUT2D eigenvalue weighted by atomic mass is 9.83. The van der Waals surface area contributed by atoms with E-state index in [0.717, 1.165) is 0 Å². The maximum absolute atomic E-state index is 9.49. The van der Waals surface area contributed by atoms with Crippen LogP contribution in [0.1, 0.15) is 16.7 Å². The number of rotatable bonds is 0. The number of fused-ring (bicyclic) bond motifs is 3. The number of aromatic hydroxyl groups is 1. The van der Waals surface area contributed by atoms with Crippen molar-refractivity contribution in [2.45, 2.75) is 19.8 Å². The molecule has 0 aromatic heterocycles. The lowest BCUT2D eigenvalue weighted by Gasteiger charge is -2.22. The molecule has 70 valence electrons. The second-order valence-electron chi connectivity index (χ2n) is 4.06. The molecule has 0 saturated heterocycles. The van der Waals surface area contributed by atoms with E-state index in [9.17, 15) is 5.11 Å². The van der Waals surface area contributed by atoms with E-state index in [1.807, 2.05) is 12.1 Å². The maximum atomic E-state index is 9.49. The zero-order chi connectivity index (χ0) is 9.71. The average molecular weight is 184 g/mol. The quantitative estimate of drug-likeness (QED) is 0.667. The maximum Gasteiger partial charge on any atom is 0.116 e. The molecule has 1 N–H and O–H groups in total. The largest absolute Gasteiger partial charge is 0.508 e. The van der Waals surface area contributed by atoms with Gasteiger partial charge < -0.3 is 5.11 Å². The number of benzene rings is 2. The van der Waals surface area contributed by atoms with Gasteiger partial charge in [0, 0.05) is 0 Å². The van der Waals surface area contributed by atoms with Crippen molar-refractivity contribution in [2.24, 2.45) is 0 Å². The number of aryl methyl sites for hydroxylation is 3. The molecule has 0 unspecified atom stereocenters. The van der Waals surface area contributed by atoms with Crippen LogP contribution in [0.2, 0.25) is 0 Å². The fourth-order valence-electron chi connectivity index (χ4n) is 2.39. The standard InChI is InChI=1S/C13H12O/c1-8-6-11(14)7-10-3-2-9-4-5-12(9)13(8)10/h2-3,6-7,14H,4-5H2,1H3. The molecule has 3 rings (SSSR count). The highest BCUT2D eigenvalue weighted by atomic mass is 16.3. The highest BCUT2D eigenvalue weighted by Crippen LogP contribution is 2.34. The lowest BCUT2D eigenvalue weighted by molar-refractivity contribution is 0.476. The van der Waals surface area contributed by atoms with Crippen LogP contribution in [0, 0.1) is 6.92 Å². The summed E-state index contributed by atoms with van der Waals surface area (Å²) >= 11 is 0. The van der Waals surface area contributed by atoms with Gasteiger partial charge >= 0.3 is 0 Å². The SMILES string of the molecule is Cc1cc(O)cc2ccc3c(c12)CC3. The molecule has 0 heterocycles. The molecule has 1 aliphatic carbocycles. The van der Waals surface area contributed by atoms with Crippen molar-refractivity contribution in [3.05, 3.63) is 41.0 Å². The fourth-order valence-corrected chi connectivity index (χ4v) is 2.39. The Hall–Kier alpha value is -1.50. The number of phenolic OH excluding ortho intramolecular Hbond substituents is 1. The molecule has 1 aliphatic rings. The molecule has 0 saturated carbocycles. The zero-order valence-electron chi connectivity index (χ0n) is 8.17. The summed E-state index contributed by atoms with van der Waals surface area (Å²) in [5, 5.41) is 12.0. The molecule has 14 heavy (non-hydrogen) atoms. The molecule has 2 aromatic carbocycles. The highest BCUT2D eigenvalue weighted by Gasteiger charge is 2.17. The fraction of sp³-hybridized carbons (Fsp3) is 0.231. The Morgan fingerprint density at radius 2 is 2.00 bits per heavy atom. The second kappa shape index (κ2) is 2.50. The molecule has 0 atom stereocenters. The second-order valence-corrected chi connectivity index (χ2v) is 4.06. The van der Waals surface area contributed by atoms with Crippen molar-refractivity contribution in [3.8, 4) is 5.75 Å². The zero-order valence-corrected chi connectivity index (χ0v) is 8.17. The summed E-state index contributed by atoms with van der Waals surface area (Å²) in [5.74, 6) is 0.370. The van der Waals surface area contributed by atoms with Gasteiger partial charge in [-0.15, -0.1) is 0 Å². The first-order valence-electron chi connectivity index (χ1n) is 5.00. The van der Waals surface area contributed by atoms with Crippen LogP contribution in [0.5, 0.6) is 5.75 Å². The summed E-state index contributed by atoms with van der Waals surface area (Å²) in [6, 6.07) is 7.99. The van der Waals surface area contributed by atoms with Crippen molar-refractivity contribution >= 4 is 10.8 Å². The van der Waals surface area contributed by atoms with Crippen LogP contribution in [0.3, 0.4) is 0 Å². The van der Waals surface area contributed by atoms with E-state index in [1.54, 1.807) is 0 Å². The van der Waals surface area contributed by atoms with Gasteiger partial charge in [0.05, 0.1) is 0 Å². The molecule has 0 amide bonds.